The Labute approximate surface area is 202 Å². The van der Waals surface area contributed by atoms with Crippen molar-refractivity contribution >= 4 is 29.2 Å². The summed E-state index contributed by atoms with van der Waals surface area (Å²) in [6, 6.07) is 9.28. The van der Waals surface area contributed by atoms with Gasteiger partial charge in [0.05, 0.1) is 0 Å². The van der Waals surface area contributed by atoms with Gasteiger partial charge in [-0.1, -0.05) is 29.4 Å². The molecule has 3 aromatic heterocycles. The molecule has 0 aliphatic heterocycles. The molecular formula is C24H17N5O7. The number of rotatable bonds is 5. The average Bonchev–Trinajstić information content (AvgIpc) is 3.23. The Kier molecular flexibility index (Phi) is 5.42. The van der Waals surface area contributed by atoms with Gasteiger partial charge in [-0.05, 0) is 43.7 Å². The summed E-state index contributed by atoms with van der Waals surface area (Å²) in [5.41, 5.74) is 0.401. The molecule has 1 fully saturated rings. The second-order valence-electron chi connectivity index (χ2n) is 8.16. The highest BCUT2D eigenvalue weighted by molar-refractivity contribution is 5.88. The second kappa shape index (κ2) is 8.60. The molecule has 1 aliphatic carbocycles. The summed E-state index contributed by atoms with van der Waals surface area (Å²) in [5.74, 6) is 3.96. The number of carbonyl (C=O) groups excluding carboxylic acids is 1. The van der Waals surface area contributed by atoms with Crippen LogP contribution in [0.5, 0.6) is 0 Å². The Balaban J connectivity index is 1.33. The van der Waals surface area contributed by atoms with E-state index in [1.807, 2.05) is 37.3 Å². The quantitative estimate of drug-likeness (QED) is 0.391. The van der Waals surface area contributed by atoms with E-state index in [1.54, 1.807) is 6.92 Å². The van der Waals surface area contributed by atoms with E-state index in [4.69, 9.17) is 18.1 Å². The van der Waals surface area contributed by atoms with Crippen molar-refractivity contribution in [2.45, 2.75) is 38.2 Å². The van der Waals surface area contributed by atoms with Crippen molar-refractivity contribution in [1.29, 1.82) is 5.26 Å². The highest BCUT2D eigenvalue weighted by atomic mass is 16.6. The van der Waals surface area contributed by atoms with E-state index in [-0.39, 0.29) is 40.4 Å². The highest BCUT2D eigenvalue weighted by Crippen LogP contribution is 2.48. The van der Waals surface area contributed by atoms with Crippen LogP contribution in [0.3, 0.4) is 0 Å². The third-order valence-corrected chi connectivity index (χ3v) is 5.76. The fourth-order valence-electron chi connectivity index (χ4n) is 3.62. The zero-order chi connectivity index (χ0) is 25.4. The molecule has 0 bridgehead atoms. The largest absolute Gasteiger partial charge is 0.480 e. The summed E-state index contributed by atoms with van der Waals surface area (Å²) in [6.07, 6.45) is -0.534. The smallest absolute Gasteiger partial charge is 0.412 e. The van der Waals surface area contributed by atoms with Crippen LogP contribution in [0.15, 0.2) is 37.6 Å². The zero-order valence-corrected chi connectivity index (χ0v) is 19.0. The lowest BCUT2D eigenvalue weighted by molar-refractivity contribution is -0.140. The number of fused-ring (bicyclic) bond motifs is 1. The van der Waals surface area contributed by atoms with Crippen molar-refractivity contribution in [2.75, 3.05) is 5.32 Å². The van der Waals surface area contributed by atoms with Crippen LogP contribution in [-0.2, 0) is 14.9 Å². The third-order valence-electron chi connectivity index (χ3n) is 5.76. The molecule has 12 heteroatoms. The molecule has 1 aromatic carbocycles. The normalized spacial score (nSPS) is 14.4. The number of aryl methyl sites for hydroxylation is 1. The number of ether oxygens (including phenoxy) is 1. The molecule has 0 radical (unpaired) electrons. The van der Waals surface area contributed by atoms with Crippen LogP contribution < -0.4 is 5.32 Å². The van der Waals surface area contributed by atoms with E-state index < -0.39 is 23.6 Å². The molecule has 1 saturated carbocycles. The van der Waals surface area contributed by atoms with Crippen LogP contribution in [-0.4, -0.2) is 32.3 Å². The molecule has 0 spiro atoms. The monoisotopic (exact) mass is 487 g/mol. The average molecular weight is 487 g/mol. The number of nitriles is 1. The number of aliphatic carboxylic acids is 1. The van der Waals surface area contributed by atoms with Crippen LogP contribution >= 0.6 is 0 Å². The lowest BCUT2D eigenvalue weighted by Crippen LogP contribution is -2.19. The predicted octanol–water partition coefficient (Wildman–Crippen LogP) is 3.81. The maximum absolute atomic E-state index is 12.5. The number of anilines is 1. The van der Waals surface area contributed by atoms with Gasteiger partial charge < -0.3 is 23.2 Å². The molecule has 1 atom stereocenters. The minimum absolute atomic E-state index is 0.00391. The van der Waals surface area contributed by atoms with E-state index in [2.05, 4.69) is 32.3 Å². The molecule has 1 amide bonds. The number of nitrogens with one attached hydrogen (secondary N) is 1. The first kappa shape index (κ1) is 22.7. The SMILES string of the molecule is Cc1ccccc1C(C)OC(=O)Nc1c(C#N)noc1C#Cc1nc2oc(C3(C(=O)O)CC3)nc2o1. The number of benzene rings is 1. The third kappa shape index (κ3) is 4.01. The van der Waals surface area contributed by atoms with Gasteiger partial charge in [0.25, 0.3) is 17.3 Å². The number of carbonyl (C=O) groups is 2. The van der Waals surface area contributed by atoms with Gasteiger partial charge in [-0.3, -0.25) is 10.1 Å². The van der Waals surface area contributed by atoms with E-state index in [0.29, 0.717) is 12.8 Å². The van der Waals surface area contributed by atoms with Gasteiger partial charge in [0.1, 0.15) is 23.3 Å². The summed E-state index contributed by atoms with van der Waals surface area (Å²) in [6.45, 7) is 3.63. The van der Waals surface area contributed by atoms with Gasteiger partial charge in [-0.15, -0.1) is 0 Å². The number of carboxylic acids is 1. The standard InChI is InChI=1S/C24H17N5O7/c1-12-5-3-4-6-14(12)13(2)33-23(32)27-18-15(11-25)29-36-16(18)7-8-17-26-19-20(34-17)28-21(35-19)24(9-10-24)22(30)31/h3-6,13H,9-10H2,1-2H3,(H,27,32)(H,30,31). The Bertz CT molecular complexity index is 1580. The van der Waals surface area contributed by atoms with E-state index in [1.165, 1.54) is 0 Å². The Morgan fingerprint density at radius 2 is 1.94 bits per heavy atom. The number of oxazole rings is 2. The van der Waals surface area contributed by atoms with Crippen LogP contribution in [0.25, 0.3) is 11.4 Å². The molecule has 1 aliphatic rings. The minimum atomic E-state index is -1.13. The fourth-order valence-corrected chi connectivity index (χ4v) is 3.62. The number of aromatic nitrogens is 3. The van der Waals surface area contributed by atoms with E-state index in [0.717, 1.165) is 11.1 Å². The van der Waals surface area contributed by atoms with Gasteiger partial charge in [-0.25, -0.2) is 4.79 Å². The first-order valence-electron chi connectivity index (χ1n) is 10.8. The van der Waals surface area contributed by atoms with Crippen LogP contribution in [0.2, 0.25) is 0 Å². The minimum Gasteiger partial charge on any atom is -0.480 e. The van der Waals surface area contributed by atoms with Crippen molar-refractivity contribution in [1.82, 2.24) is 15.1 Å². The molecule has 2 N–H and O–H groups in total. The molecule has 0 saturated heterocycles. The van der Waals surface area contributed by atoms with Crippen molar-refractivity contribution in [3.63, 3.8) is 0 Å². The van der Waals surface area contributed by atoms with Crippen molar-refractivity contribution in [2.24, 2.45) is 0 Å². The molecule has 1 unspecified atom stereocenters. The number of hydrogen-bond donors (Lipinski definition) is 2. The molecule has 4 aromatic rings. The van der Waals surface area contributed by atoms with Gasteiger partial charge in [0.15, 0.2) is 0 Å². The van der Waals surface area contributed by atoms with E-state index >= 15 is 0 Å². The molecule has 5 rings (SSSR count). The number of nitrogens with zero attached hydrogens (tertiary/aromatic N) is 4. The van der Waals surface area contributed by atoms with Crippen molar-refractivity contribution in [3.8, 4) is 17.9 Å². The summed E-state index contributed by atoms with van der Waals surface area (Å²) >= 11 is 0. The van der Waals surface area contributed by atoms with Gasteiger partial charge in [0, 0.05) is 5.92 Å². The first-order chi connectivity index (χ1) is 17.3. The maximum atomic E-state index is 12.5. The lowest BCUT2D eigenvalue weighted by Gasteiger charge is -2.15. The van der Waals surface area contributed by atoms with E-state index in [9.17, 15) is 20.0 Å². The van der Waals surface area contributed by atoms with Gasteiger partial charge in [-0.2, -0.15) is 15.2 Å². The number of hydrogen-bond acceptors (Lipinski definition) is 10. The molecule has 180 valence electrons. The van der Waals surface area contributed by atoms with Crippen molar-refractivity contribution in [3.05, 3.63) is 58.6 Å². The predicted molar refractivity (Wildman–Crippen MR) is 120 cm³/mol. The van der Waals surface area contributed by atoms with Gasteiger partial charge >= 0.3 is 12.1 Å². The van der Waals surface area contributed by atoms with Crippen LogP contribution in [0.1, 0.15) is 60.2 Å². The molecular weight excluding hydrogens is 470 g/mol. The number of carboxylic acid groups (broad SMARTS) is 1. The topological polar surface area (TPSA) is 178 Å². The van der Waals surface area contributed by atoms with Crippen molar-refractivity contribution < 1.29 is 32.8 Å². The Morgan fingerprint density at radius 1 is 1.19 bits per heavy atom. The van der Waals surface area contributed by atoms with Crippen LogP contribution in [0, 0.1) is 30.1 Å². The summed E-state index contributed by atoms with van der Waals surface area (Å²) in [7, 11) is 0. The Hall–Kier alpha value is -5.10. The molecule has 12 nitrogen and oxygen atoms in total. The maximum Gasteiger partial charge on any atom is 0.412 e. The summed E-state index contributed by atoms with van der Waals surface area (Å²) in [4.78, 5) is 32.1. The molecule has 3 heterocycles. The fraction of sp³-hybridized carbons (Fsp3) is 0.250. The number of amides is 1. The molecule has 36 heavy (non-hydrogen) atoms. The van der Waals surface area contributed by atoms with Gasteiger partial charge in [0.2, 0.25) is 17.3 Å². The summed E-state index contributed by atoms with van der Waals surface area (Å²) < 4.78 is 21.4. The highest BCUT2D eigenvalue weighted by Gasteiger charge is 2.56. The van der Waals surface area contributed by atoms with Crippen LogP contribution in [0.4, 0.5) is 10.5 Å². The first-order valence-corrected chi connectivity index (χ1v) is 10.8. The second-order valence-corrected chi connectivity index (χ2v) is 8.16. The summed E-state index contributed by atoms with van der Waals surface area (Å²) in [5, 5.41) is 24.7. The lowest BCUT2D eigenvalue weighted by atomic mass is 10.1. The Morgan fingerprint density at radius 3 is 2.61 bits per heavy atom. The zero-order valence-electron chi connectivity index (χ0n) is 19.0.